The van der Waals surface area contributed by atoms with Crippen LogP contribution in [0.1, 0.15) is 13.8 Å². The van der Waals surface area contributed by atoms with Gasteiger partial charge < -0.3 is 9.64 Å². The molecular formula is C17H20N4O. The third kappa shape index (κ3) is 2.88. The van der Waals surface area contributed by atoms with Gasteiger partial charge in [-0.1, -0.05) is 23.4 Å². The summed E-state index contributed by atoms with van der Waals surface area (Å²) >= 11 is 0. The van der Waals surface area contributed by atoms with Gasteiger partial charge >= 0.3 is 0 Å². The number of hydrogen-bond acceptors (Lipinski definition) is 4. The van der Waals surface area contributed by atoms with E-state index >= 15 is 0 Å². The Bertz CT molecular complexity index is 749. The predicted molar refractivity (Wildman–Crippen MR) is 88.2 cm³/mol. The highest BCUT2D eigenvalue weighted by Crippen LogP contribution is 2.21. The molecule has 0 saturated heterocycles. The average molecular weight is 296 g/mol. The zero-order valence-corrected chi connectivity index (χ0v) is 12.9. The van der Waals surface area contributed by atoms with Crippen LogP contribution in [0, 0.1) is 0 Å². The molecule has 114 valence electrons. The molecule has 0 atom stereocenters. The lowest BCUT2D eigenvalue weighted by Crippen LogP contribution is -2.21. The van der Waals surface area contributed by atoms with Gasteiger partial charge in [0.05, 0.1) is 5.52 Å². The summed E-state index contributed by atoms with van der Waals surface area (Å²) in [5, 5.41) is 8.26. The number of nitrogens with zero attached hydrogens (tertiary/aromatic N) is 4. The molecule has 0 aliphatic rings. The van der Waals surface area contributed by atoms with Crippen LogP contribution in [0.4, 0.5) is 5.69 Å². The van der Waals surface area contributed by atoms with Gasteiger partial charge in [-0.05, 0) is 38.1 Å². The molecule has 0 radical (unpaired) electrons. The molecule has 3 rings (SSSR count). The highest BCUT2D eigenvalue weighted by molar-refractivity contribution is 5.73. The Morgan fingerprint density at radius 2 is 1.86 bits per heavy atom. The zero-order chi connectivity index (χ0) is 15.4. The summed E-state index contributed by atoms with van der Waals surface area (Å²) in [5.41, 5.74) is 3.02. The van der Waals surface area contributed by atoms with Gasteiger partial charge in [-0.25, -0.2) is 4.68 Å². The van der Waals surface area contributed by atoms with Gasteiger partial charge in [0.15, 0.2) is 6.73 Å². The molecule has 5 heteroatoms. The SMILES string of the molecule is CCN(CC)c1cccc(OCn2nnc3ccccc32)c1. The van der Waals surface area contributed by atoms with Crippen molar-refractivity contribution in [2.24, 2.45) is 0 Å². The first-order valence-corrected chi connectivity index (χ1v) is 7.58. The van der Waals surface area contributed by atoms with Gasteiger partial charge in [0.2, 0.25) is 0 Å². The van der Waals surface area contributed by atoms with E-state index in [4.69, 9.17) is 4.74 Å². The van der Waals surface area contributed by atoms with Gasteiger partial charge in [-0.2, -0.15) is 0 Å². The van der Waals surface area contributed by atoms with Gasteiger partial charge in [0.25, 0.3) is 0 Å². The smallest absolute Gasteiger partial charge is 0.183 e. The van der Waals surface area contributed by atoms with Crippen molar-refractivity contribution in [1.29, 1.82) is 0 Å². The first kappa shape index (κ1) is 14.4. The minimum atomic E-state index is 0.349. The second-order valence-corrected chi connectivity index (χ2v) is 5.02. The molecule has 0 aliphatic heterocycles. The lowest BCUT2D eigenvalue weighted by Gasteiger charge is -2.21. The molecule has 0 N–H and O–H groups in total. The predicted octanol–water partition coefficient (Wildman–Crippen LogP) is 3.31. The number of anilines is 1. The summed E-state index contributed by atoms with van der Waals surface area (Å²) < 4.78 is 7.64. The number of rotatable bonds is 6. The maximum Gasteiger partial charge on any atom is 0.183 e. The topological polar surface area (TPSA) is 43.2 Å². The number of fused-ring (bicyclic) bond motifs is 1. The first-order valence-electron chi connectivity index (χ1n) is 7.58. The molecule has 0 fully saturated rings. The number of benzene rings is 2. The average Bonchev–Trinajstić information content (AvgIpc) is 2.98. The molecule has 0 aliphatic carbocycles. The fraction of sp³-hybridized carbons (Fsp3) is 0.294. The van der Waals surface area contributed by atoms with Crippen LogP contribution in [0.2, 0.25) is 0 Å². The van der Waals surface area contributed by atoms with Gasteiger partial charge in [-0.3, -0.25) is 0 Å². The van der Waals surface area contributed by atoms with E-state index in [2.05, 4.69) is 41.2 Å². The molecule has 1 aromatic heterocycles. The molecule has 5 nitrogen and oxygen atoms in total. The van der Waals surface area contributed by atoms with Crippen molar-refractivity contribution in [3.63, 3.8) is 0 Å². The number of para-hydroxylation sites is 1. The van der Waals surface area contributed by atoms with Crippen LogP contribution in [0.3, 0.4) is 0 Å². The van der Waals surface area contributed by atoms with Crippen molar-refractivity contribution >= 4 is 16.7 Å². The lowest BCUT2D eigenvalue weighted by molar-refractivity contribution is 0.223. The Balaban J connectivity index is 1.75. The molecule has 22 heavy (non-hydrogen) atoms. The summed E-state index contributed by atoms with van der Waals surface area (Å²) in [4.78, 5) is 2.29. The van der Waals surface area contributed by atoms with Crippen molar-refractivity contribution in [1.82, 2.24) is 15.0 Å². The summed E-state index contributed by atoms with van der Waals surface area (Å²) in [7, 11) is 0. The number of hydrogen-bond donors (Lipinski definition) is 0. The molecule has 0 amide bonds. The second kappa shape index (κ2) is 6.47. The van der Waals surface area contributed by atoms with Crippen LogP contribution in [-0.2, 0) is 6.73 Å². The molecule has 2 aromatic carbocycles. The van der Waals surface area contributed by atoms with E-state index in [1.165, 1.54) is 5.69 Å². The van der Waals surface area contributed by atoms with E-state index in [9.17, 15) is 0 Å². The summed E-state index contributed by atoms with van der Waals surface area (Å²) in [6.07, 6.45) is 0. The van der Waals surface area contributed by atoms with Crippen molar-refractivity contribution < 1.29 is 4.74 Å². The monoisotopic (exact) mass is 296 g/mol. The minimum absolute atomic E-state index is 0.349. The highest BCUT2D eigenvalue weighted by atomic mass is 16.5. The van der Waals surface area contributed by atoms with E-state index in [-0.39, 0.29) is 0 Å². The second-order valence-electron chi connectivity index (χ2n) is 5.02. The van der Waals surface area contributed by atoms with Crippen LogP contribution in [-0.4, -0.2) is 28.1 Å². The molecule has 0 saturated carbocycles. The Morgan fingerprint density at radius 1 is 1.05 bits per heavy atom. The molecule has 0 bridgehead atoms. The van der Waals surface area contributed by atoms with Gasteiger partial charge in [0.1, 0.15) is 11.3 Å². The van der Waals surface area contributed by atoms with E-state index in [0.29, 0.717) is 6.73 Å². The summed E-state index contributed by atoms with van der Waals surface area (Å²) in [5.74, 6) is 0.837. The Labute approximate surface area is 130 Å². The van der Waals surface area contributed by atoms with E-state index in [1.54, 1.807) is 4.68 Å². The highest BCUT2D eigenvalue weighted by Gasteiger charge is 2.06. The van der Waals surface area contributed by atoms with E-state index in [0.717, 1.165) is 29.9 Å². The quantitative estimate of drug-likeness (QED) is 0.700. The summed E-state index contributed by atoms with van der Waals surface area (Å²) in [6.45, 7) is 6.61. The van der Waals surface area contributed by atoms with E-state index < -0.39 is 0 Å². The van der Waals surface area contributed by atoms with Crippen molar-refractivity contribution in [3.05, 3.63) is 48.5 Å². The molecule has 0 spiro atoms. The third-order valence-electron chi connectivity index (χ3n) is 3.72. The van der Waals surface area contributed by atoms with Crippen LogP contribution < -0.4 is 9.64 Å². The Kier molecular flexibility index (Phi) is 4.23. The molecular weight excluding hydrogens is 276 g/mol. The van der Waals surface area contributed by atoms with Crippen LogP contribution in [0.15, 0.2) is 48.5 Å². The third-order valence-corrected chi connectivity index (χ3v) is 3.72. The fourth-order valence-electron chi connectivity index (χ4n) is 2.51. The van der Waals surface area contributed by atoms with Crippen molar-refractivity contribution in [2.45, 2.75) is 20.6 Å². The molecule has 3 aromatic rings. The van der Waals surface area contributed by atoms with Crippen LogP contribution in [0.25, 0.3) is 11.0 Å². The number of ether oxygens (including phenoxy) is 1. The minimum Gasteiger partial charge on any atom is -0.471 e. The van der Waals surface area contributed by atoms with Crippen molar-refractivity contribution in [3.8, 4) is 5.75 Å². The fourth-order valence-corrected chi connectivity index (χ4v) is 2.51. The molecule has 1 heterocycles. The van der Waals surface area contributed by atoms with Crippen molar-refractivity contribution in [2.75, 3.05) is 18.0 Å². The standard InChI is InChI=1S/C17H20N4O/c1-3-20(4-2)14-8-7-9-15(12-14)22-13-21-17-11-6-5-10-16(17)18-19-21/h5-12H,3-4,13H2,1-2H3. The van der Waals surface area contributed by atoms with Gasteiger partial charge in [0, 0.05) is 24.8 Å². The normalized spacial score (nSPS) is 10.8. The van der Waals surface area contributed by atoms with E-state index in [1.807, 2.05) is 36.4 Å². The molecule has 0 unspecified atom stereocenters. The maximum atomic E-state index is 5.87. The van der Waals surface area contributed by atoms with Crippen LogP contribution >= 0.6 is 0 Å². The Morgan fingerprint density at radius 3 is 2.68 bits per heavy atom. The maximum absolute atomic E-state index is 5.87. The van der Waals surface area contributed by atoms with Gasteiger partial charge in [-0.15, -0.1) is 5.10 Å². The first-order chi connectivity index (χ1) is 10.8. The zero-order valence-electron chi connectivity index (χ0n) is 12.9. The largest absolute Gasteiger partial charge is 0.471 e. The lowest BCUT2D eigenvalue weighted by atomic mass is 10.2. The van der Waals surface area contributed by atoms with Crippen LogP contribution in [0.5, 0.6) is 5.75 Å². The number of aromatic nitrogens is 3. The Hall–Kier alpha value is -2.56. The summed E-state index contributed by atoms with van der Waals surface area (Å²) in [6, 6.07) is 16.0.